The number of aryl methyl sites for hydroxylation is 1. The Morgan fingerprint density at radius 1 is 1.37 bits per heavy atom. The van der Waals surface area contributed by atoms with E-state index in [-0.39, 0.29) is 11.4 Å². The normalized spacial score (nSPS) is 10.5. The third kappa shape index (κ3) is 2.12. The molecule has 19 heavy (non-hydrogen) atoms. The van der Waals surface area contributed by atoms with Crippen molar-refractivity contribution in [3.05, 3.63) is 29.0 Å². The van der Waals surface area contributed by atoms with E-state index in [9.17, 15) is 9.90 Å². The van der Waals surface area contributed by atoms with E-state index in [2.05, 4.69) is 10.2 Å². The Labute approximate surface area is 109 Å². The molecule has 0 saturated heterocycles. The third-order valence-corrected chi connectivity index (χ3v) is 3.05. The maximum Gasteiger partial charge on any atom is 0.353 e. The number of phenolic OH excluding ortho intramolecular Hbond substituents is 1. The minimum absolute atomic E-state index is 0.0356. The number of aromatic carboxylic acids is 1. The van der Waals surface area contributed by atoms with Crippen molar-refractivity contribution in [2.45, 2.75) is 13.8 Å². The molecule has 0 spiro atoms. The quantitative estimate of drug-likeness (QED) is 0.787. The van der Waals surface area contributed by atoms with E-state index in [1.54, 1.807) is 6.07 Å². The predicted molar refractivity (Wildman–Crippen MR) is 68.7 cm³/mol. The Morgan fingerprint density at radius 3 is 2.58 bits per heavy atom. The van der Waals surface area contributed by atoms with Crippen LogP contribution in [0.5, 0.6) is 11.5 Å². The van der Waals surface area contributed by atoms with E-state index in [0.29, 0.717) is 17.0 Å². The molecule has 0 aliphatic heterocycles. The molecule has 2 aromatic rings. The molecule has 6 heteroatoms. The van der Waals surface area contributed by atoms with Crippen molar-refractivity contribution < 1.29 is 19.7 Å². The number of hydrogen-bond acceptors (Lipinski definition) is 4. The second-order valence-electron chi connectivity index (χ2n) is 4.22. The van der Waals surface area contributed by atoms with Crippen LogP contribution in [0.25, 0.3) is 11.3 Å². The van der Waals surface area contributed by atoms with Crippen LogP contribution < -0.4 is 4.74 Å². The second-order valence-corrected chi connectivity index (χ2v) is 4.22. The minimum atomic E-state index is -1.10. The fraction of sp³-hybridized carbons (Fsp3) is 0.231. The highest BCUT2D eigenvalue weighted by Gasteiger charge is 2.18. The van der Waals surface area contributed by atoms with Crippen LogP contribution in [0, 0.1) is 13.8 Å². The van der Waals surface area contributed by atoms with Crippen LogP contribution in [0.15, 0.2) is 12.1 Å². The molecule has 1 aromatic carbocycles. The lowest BCUT2D eigenvalue weighted by atomic mass is 10.0. The zero-order valence-corrected chi connectivity index (χ0v) is 10.8. The number of carbonyl (C=O) groups is 1. The summed E-state index contributed by atoms with van der Waals surface area (Å²) in [6, 6.07) is 3.11. The SMILES string of the molecule is COc1c(C)c(C)cc(-c2cc(C(=O)O)[nH]n2)c1O. The first kappa shape index (κ1) is 12.9. The Hall–Kier alpha value is -2.50. The van der Waals surface area contributed by atoms with Crippen LogP contribution in [0.4, 0.5) is 0 Å². The van der Waals surface area contributed by atoms with Crippen LogP contribution in [-0.4, -0.2) is 33.5 Å². The average molecular weight is 262 g/mol. The first-order chi connectivity index (χ1) is 8.95. The van der Waals surface area contributed by atoms with E-state index in [1.165, 1.54) is 13.2 Å². The first-order valence-electron chi connectivity index (χ1n) is 5.62. The molecule has 1 heterocycles. The lowest BCUT2D eigenvalue weighted by Gasteiger charge is -2.12. The van der Waals surface area contributed by atoms with E-state index in [0.717, 1.165) is 11.1 Å². The molecule has 100 valence electrons. The summed E-state index contributed by atoms with van der Waals surface area (Å²) in [4.78, 5) is 10.8. The highest BCUT2D eigenvalue weighted by Crippen LogP contribution is 2.40. The van der Waals surface area contributed by atoms with Crippen molar-refractivity contribution in [3.8, 4) is 22.8 Å². The molecule has 0 amide bonds. The molecule has 1 aromatic heterocycles. The summed E-state index contributed by atoms with van der Waals surface area (Å²) in [7, 11) is 1.47. The number of carboxylic acid groups (broad SMARTS) is 1. The lowest BCUT2D eigenvalue weighted by Crippen LogP contribution is -1.95. The summed E-state index contributed by atoms with van der Waals surface area (Å²) < 4.78 is 5.17. The van der Waals surface area contributed by atoms with Gasteiger partial charge in [0.2, 0.25) is 0 Å². The number of rotatable bonds is 3. The smallest absolute Gasteiger partial charge is 0.353 e. The molecule has 0 atom stereocenters. The van der Waals surface area contributed by atoms with Gasteiger partial charge in [0.05, 0.1) is 12.8 Å². The Bertz CT molecular complexity index is 646. The Morgan fingerprint density at radius 2 is 2.05 bits per heavy atom. The number of aromatic amines is 1. The van der Waals surface area contributed by atoms with Crippen LogP contribution in [0.3, 0.4) is 0 Å². The zero-order valence-electron chi connectivity index (χ0n) is 10.8. The number of methoxy groups -OCH3 is 1. The summed E-state index contributed by atoms with van der Waals surface area (Å²) in [6.45, 7) is 3.72. The van der Waals surface area contributed by atoms with Gasteiger partial charge in [0, 0.05) is 5.56 Å². The van der Waals surface area contributed by atoms with Crippen LogP contribution >= 0.6 is 0 Å². The first-order valence-corrected chi connectivity index (χ1v) is 5.62. The molecule has 0 unspecified atom stereocenters. The average Bonchev–Trinajstić information content (AvgIpc) is 2.84. The number of carboxylic acids is 1. The predicted octanol–water partition coefficient (Wildman–Crippen LogP) is 2.11. The van der Waals surface area contributed by atoms with Gasteiger partial charge in [-0.2, -0.15) is 5.10 Å². The van der Waals surface area contributed by atoms with Crippen LogP contribution in [0.2, 0.25) is 0 Å². The van der Waals surface area contributed by atoms with Crippen LogP contribution in [0.1, 0.15) is 21.6 Å². The van der Waals surface area contributed by atoms with Crippen molar-refractivity contribution in [2.75, 3.05) is 7.11 Å². The van der Waals surface area contributed by atoms with Gasteiger partial charge in [-0.3, -0.25) is 5.10 Å². The van der Waals surface area contributed by atoms with Crippen LogP contribution in [-0.2, 0) is 0 Å². The highest BCUT2D eigenvalue weighted by molar-refractivity contribution is 5.87. The van der Waals surface area contributed by atoms with Gasteiger partial charge in [-0.1, -0.05) is 0 Å². The molecule has 2 rings (SSSR count). The minimum Gasteiger partial charge on any atom is -0.504 e. The second kappa shape index (κ2) is 4.64. The van der Waals surface area contributed by atoms with Crippen molar-refractivity contribution in [1.29, 1.82) is 0 Å². The summed E-state index contributed by atoms with van der Waals surface area (Å²) in [5.74, 6) is -0.780. The van der Waals surface area contributed by atoms with E-state index < -0.39 is 5.97 Å². The summed E-state index contributed by atoms with van der Waals surface area (Å²) >= 11 is 0. The Balaban J connectivity index is 2.61. The number of benzene rings is 1. The van der Waals surface area contributed by atoms with E-state index in [1.807, 2.05) is 13.8 Å². The summed E-state index contributed by atoms with van der Waals surface area (Å²) in [5, 5.41) is 25.3. The molecule has 0 bridgehead atoms. The molecule has 6 nitrogen and oxygen atoms in total. The fourth-order valence-corrected chi connectivity index (χ4v) is 1.89. The number of H-pyrrole nitrogens is 1. The van der Waals surface area contributed by atoms with Crippen molar-refractivity contribution >= 4 is 5.97 Å². The number of ether oxygens (including phenoxy) is 1. The number of phenols is 1. The van der Waals surface area contributed by atoms with Crippen molar-refractivity contribution in [2.24, 2.45) is 0 Å². The number of nitrogens with one attached hydrogen (secondary N) is 1. The maximum atomic E-state index is 10.8. The standard InChI is InChI=1S/C13H14N2O4/c1-6-4-8(11(16)12(19-3)7(6)2)9-5-10(13(17)18)15-14-9/h4-5,16H,1-3H3,(H,14,15)(H,17,18). The zero-order chi connectivity index (χ0) is 14.2. The molecule has 3 N–H and O–H groups in total. The van der Waals surface area contributed by atoms with Gasteiger partial charge in [-0.05, 0) is 37.1 Å². The van der Waals surface area contributed by atoms with E-state index >= 15 is 0 Å². The lowest BCUT2D eigenvalue weighted by molar-refractivity contribution is 0.0690. The molecule has 0 fully saturated rings. The number of aromatic hydroxyl groups is 1. The van der Waals surface area contributed by atoms with Gasteiger partial charge in [0.1, 0.15) is 5.69 Å². The molecular formula is C13H14N2O4. The topological polar surface area (TPSA) is 95.4 Å². The fourth-order valence-electron chi connectivity index (χ4n) is 1.89. The summed E-state index contributed by atoms with van der Waals surface area (Å²) in [6.07, 6.45) is 0. The number of nitrogens with zero attached hydrogens (tertiary/aromatic N) is 1. The van der Waals surface area contributed by atoms with Gasteiger partial charge < -0.3 is 14.9 Å². The van der Waals surface area contributed by atoms with Crippen molar-refractivity contribution in [3.63, 3.8) is 0 Å². The largest absolute Gasteiger partial charge is 0.504 e. The molecule has 0 radical (unpaired) electrons. The molecule has 0 saturated carbocycles. The third-order valence-electron chi connectivity index (χ3n) is 3.05. The monoisotopic (exact) mass is 262 g/mol. The van der Waals surface area contributed by atoms with E-state index in [4.69, 9.17) is 9.84 Å². The molecule has 0 aliphatic rings. The van der Waals surface area contributed by atoms with Gasteiger partial charge in [0.25, 0.3) is 0 Å². The number of aromatic nitrogens is 2. The molecule has 0 aliphatic carbocycles. The van der Waals surface area contributed by atoms with Gasteiger partial charge in [-0.15, -0.1) is 0 Å². The van der Waals surface area contributed by atoms with Gasteiger partial charge in [0.15, 0.2) is 11.5 Å². The summed E-state index contributed by atoms with van der Waals surface area (Å²) in [5.41, 5.74) is 2.51. The van der Waals surface area contributed by atoms with Crippen molar-refractivity contribution in [1.82, 2.24) is 10.2 Å². The Kier molecular flexibility index (Phi) is 3.16. The number of hydrogen-bond donors (Lipinski definition) is 3. The molecular weight excluding hydrogens is 248 g/mol. The van der Waals surface area contributed by atoms with Gasteiger partial charge in [-0.25, -0.2) is 4.79 Å². The van der Waals surface area contributed by atoms with Gasteiger partial charge >= 0.3 is 5.97 Å². The highest BCUT2D eigenvalue weighted by atomic mass is 16.5. The maximum absolute atomic E-state index is 10.8.